The van der Waals surface area contributed by atoms with Gasteiger partial charge >= 0.3 is 0 Å². The zero-order chi connectivity index (χ0) is 17.6. The molecule has 0 saturated carbocycles. The Kier molecular flexibility index (Phi) is 9.80. The van der Waals surface area contributed by atoms with E-state index < -0.39 is 0 Å². The molecule has 0 fully saturated rings. The summed E-state index contributed by atoms with van der Waals surface area (Å²) in [6.45, 7) is 2.85. The molecule has 2 heteroatoms. The van der Waals surface area contributed by atoms with Crippen LogP contribution in [-0.2, 0) is 11.3 Å². The van der Waals surface area contributed by atoms with Gasteiger partial charge in [0.05, 0.1) is 6.61 Å². The lowest BCUT2D eigenvalue weighted by atomic mass is 10.1. The highest BCUT2D eigenvalue weighted by molar-refractivity contribution is 5.21. The van der Waals surface area contributed by atoms with Crippen molar-refractivity contribution in [1.82, 2.24) is 0 Å². The minimum Gasteiger partial charge on any atom is -0.465 e. The molecule has 2 nitrogen and oxygen atoms in total. The van der Waals surface area contributed by atoms with E-state index in [2.05, 4.69) is 19.1 Å². The first-order chi connectivity index (χ1) is 12.4. The molecule has 0 radical (unpaired) electrons. The van der Waals surface area contributed by atoms with Crippen molar-refractivity contribution in [3.63, 3.8) is 0 Å². The van der Waals surface area contributed by atoms with E-state index in [-0.39, 0.29) is 6.29 Å². The van der Waals surface area contributed by atoms with Crippen molar-refractivity contribution < 1.29 is 9.47 Å². The minimum absolute atomic E-state index is 0.182. The molecule has 0 aliphatic rings. The van der Waals surface area contributed by atoms with Crippen LogP contribution in [0.3, 0.4) is 0 Å². The van der Waals surface area contributed by atoms with Gasteiger partial charge in [0.25, 0.3) is 0 Å². The average Bonchev–Trinajstić information content (AvgIpc) is 2.67. The SMILES string of the molecule is CCCCCCCCCC(OCc1ccccc1)Oc1ccccc1. The van der Waals surface area contributed by atoms with Crippen molar-refractivity contribution in [2.75, 3.05) is 0 Å². The van der Waals surface area contributed by atoms with E-state index >= 15 is 0 Å². The first kappa shape index (κ1) is 19.5. The Morgan fingerprint density at radius 1 is 0.720 bits per heavy atom. The molecule has 0 aromatic heterocycles. The summed E-state index contributed by atoms with van der Waals surface area (Å²) < 4.78 is 12.1. The fourth-order valence-electron chi connectivity index (χ4n) is 2.86. The third-order valence-corrected chi connectivity index (χ3v) is 4.33. The van der Waals surface area contributed by atoms with Gasteiger partial charge in [-0.3, -0.25) is 0 Å². The lowest BCUT2D eigenvalue weighted by Gasteiger charge is -2.20. The molecule has 1 atom stereocenters. The van der Waals surface area contributed by atoms with E-state index in [0.29, 0.717) is 6.61 Å². The Morgan fingerprint density at radius 2 is 1.32 bits per heavy atom. The maximum atomic E-state index is 6.06. The van der Waals surface area contributed by atoms with Gasteiger partial charge in [-0.05, 0) is 24.1 Å². The standard InChI is InChI=1S/C23H32O2/c1-2-3-4-5-6-7-14-19-23(25-22-17-12-9-13-18-22)24-20-21-15-10-8-11-16-21/h8-13,15-18,23H,2-7,14,19-20H2,1H3. The number of benzene rings is 2. The molecule has 1 unspecified atom stereocenters. The van der Waals surface area contributed by atoms with Crippen molar-refractivity contribution in [2.45, 2.75) is 71.2 Å². The Labute approximate surface area is 153 Å². The first-order valence-corrected chi connectivity index (χ1v) is 9.75. The van der Waals surface area contributed by atoms with E-state index in [1.165, 1.54) is 44.1 Å². The van der Waals surface area contributed by atoms with Crippen LogP contribution in [0.25, 0.3) is 0 Å². The Hall–Kier alpha value is -1.80. The smallest absolute Gasteiger partial charge is 0.200 e. The van der Waals surface area contributed by atoms with Gasteiger partial charge in [-0.15, -0.1) is 0 Å². The normalized spacial score (nSPS) is 12.0. The molecule has 25 heavy (non-hydrogen) atoms. The molecule has 0 aliphatic heterocycles. The van der Waals surface area contributed by atoms with Crippen LogP contribution >= 0.6 is 0 Å². The van der Waals surface area contributed by atoms with Crippen molar-refractivity contribution in [3.8, 4) is 5.75 Å². The van der Waals surface area contributed by atoms with Gasteiger partial charge in [-0.25, -0.2) is 0 Å². The number of rotatable bonds is 13. The van der Waals surface area contributed by atoms with Gasteiger partial charge in [-0.1, -0.05) is 94.0 Å². The highest BCUT2D eigenvalue weighted by Crippen LogP contribution is 2.18. The molecule has 2 aromatic rings. The first-order valence-electron chi connectivity index (χ1n) is 9.75. The third kappa shape index (κ3) is 8.74. The van der Waals surface area contributed by atoms with Crippen LogP contribution in [0.1, 0.15) is 63.9 Å². The van der Waals surface area contributed by atoms with E-state index in [4.69, 9.17) is 9.47 Å². The number of ether oxygens (including phenoxy) is 2. The molecule has 0 aliphatic carbocycles. The number of hydrogen-bond acceptors (Lipinski definition) is 2. The van der Waals surface area contributed by atoms with E-state index in [0.717, 1.165) is 18.6 Å². The van der Waals surface area contributed by atoms with Crippen LogP contribution in [0.5, 0.6) is 5.75 Å². The summed E-state index contributed by atoms with van der Waals surface area (Å²) in [5.74, 6) is 0.878. The van der Waals surface area contributed by atoms with Gasteiger partial charge in [0.2, 0.25) is 0 Å². The molecular weight excluding hydrogens is 308 g/mol. The molecule has 2 rings (SSSR count). The lowest BCUT2D eigenvalue weighted by Crippen LogP contribution is -2.20. The maximum Gasteiger partial charge on any atom is 0.200 e. The average molecular weight is 341 g/mol. The van der Waals surface area contributed by atoms with Crippen LogP contribution in [0.2, 0.25) is 0 Å². The quantitative estimate of drug-likeness (QED) is 0.296. The lowest BCUT2D eigenvalue weighted by molar-refractivity contribution is -0.0944. The molecule has 0 spiro atoms. The summed E-state index contributed by atoms with van der Waals surface area (Å²) in [7, 11) is 0. The fraction of sp³-hybridized carbons (Fsp3) is 0.478. The Bertz CT molecular complexity index is 539. The van der Waals surface area contributed by atoms with Crippen LogP contribution in [-0.4, -0.2) is 6.29 Å². The summed E-state index contributed by atoms with van der Waals surface area (Å²) in [6.07, 6.45) is 9.87. The second kappa shape index (κ2) is 12.5. The third-order valence-electron chi connectivity index (χ3n) is 4.33. The van der Waals surface area contributed by atoms with E-state index in [1.54, 1.807) is 0 Å². The molecule has 136 valence electrons. The van der Waals surface area contributed by atoms with Crippen molar-refractivity contribution in [1.29, 1.82) is 0 Å². The van der Waals surface area contributed by atoms with Crippen LogP contribution in [0.4, 0.5) is 0 Å². The molecule has 0 N–H and O–H groups in total. The Balaban J connectivity index is 1.75. The van der Waals surface area contributed by atoms with Gasteiger partial charge in [-0.2, -0.15) is 0 Å². The van der Waals surface area contributed by atoms with Crippen molar-refractivity contribution in [3.05, 3.63) is 66.2 Å². The topological polar surface area (TPSA) is 18.5 Å². The highest BCUT2D eigenvalue weighted by atomic mass is 16.7. The molecule has 0 heterocycles. The van der Waals surface area contributed by atoms with Crippen molar-refractivity contribution >= 4 is 0 Å². The van der Waals surface area contributed by atoms with E-state index in [1.807, 2.05) is 48.5 Å². The van der Waals surface area contributed by atoms with Crippen LogP contribution in [0, 0.1) is 0 Å². The molecule has 0 amide bonds. The summed E-state index contributed by atoms with van der Waals surface area (Å²) in [6, 6.07) is 20.3. The fourth-order valence-corrected chi connectivity index (χ4v) is 2.86. The van der Waals surface area contributed by atoms with Gasteiger partial charge < -0.3 is 9.47 Å². The van der Waals surface area contributed by atoms with Crippen LogP contribution < -0.4 is 4.74 Å². The Morgan fingerprint density at radius 3 is 2.00 bits per heavy atom. The number of para-hydroxylation sites is 1. The zero-order valence-electron chi connectivity index (χ0n) is 15.5. The van der Waals surface area contributed by atoms with E-state index in [9.17, 15) is 0 Å². The number of unbranched alkanes of at least 4 members (excludes halogenated alkanes) is 6. The molecular formula is C23H32O2. The highest BCUT2D eigenvalue weighted by Gasteiger charge is 2.11. The van der Waals surface area contributed by atoms with Gasteiger partial charge in [0, 0.05) is 6.42 Å². The monoisotopic (exact) mass is 340 g/mol. The second-order valence-corrected chi connectivity index (χ2v) is 6.57. The minimum atomic E-state index is -0.182. The predicted molar refractivity (Wildman–Crippen MR) is 105 cm³/mol. The van der Waals surface area contributed by atoms with Gasteiger partial charge in [0.15, 0.2) is 6.29 Å². The summed E-state index contributed by atoms with van der Waals surface area (Å²) >= 11 is 0. The van der Waals surface area contributed by atoms with Gasteiger partial charge in [0.1, 0.15) is 5.75 Å². The van der Waals surface area contributed by atoms with Crippen molar-refractivity contribution in [2.24, 2.45) is 0 Å². The zero-order valence-corrected chi connectivity index (χ0v) is 15.5. The molecule has 2 aromatic carbocycles. The predicted octanol–water partition coefficient (Wildman–Crippen LogP) is 6.75. The summed E-state index contributed by atoms with van der Waals surface area (Å²) in [5.41, 5.74) is 1.18. The number of hydrogen-bond donors (Lipinski definition) is 0. The summed E-state index contributed by atoms with van der Waals surface area (Å²) in [5, 5.41) is 0. The summed E-state index contributed by atoms with van der Waals surface area (Å²) in [4.78, 5) is 0. The largest absolute Gasteiger partial charge is 0.465 e. The molecule has 0 saturated heterocycles. The second-order valence-electron chi connectivity index (χ2n) is 6.57. The molecule has 0 bridgehead atoms. The van der Waals surface area contributed by atoms with Crippen LogP contribution in [0.15, 0.2) is 60.7 Å². The maximum absolute atomic E-state index is 6.06.